The van der Waals surface area contributed by atoms with Crippen LogP contribution in [0.3, 0.4) is 0 Å². The highest BCUT2D eigenvalue weighted by Crippen LogP contribution is 2.31. The number of H-pyrrole nitrogens is 1. The molecule has 0 bridgehead atoms. The van der Waals surface area contributed by atoms with Gasteiger partial charge in [-0.05, 0) is 60.2 Å². The molecule has 1 N–H and O–H groups in total. The van der Waals surface area contributed by atoms with Gasteiger partial charge in [0.25, 0.3) is 11.5 Å². The summed E-state index contributed by atoms with van der Waals surface area (Å²) in [6.45, 7) is 1.67. The minimum absolute atomic E-state index is 0.155. The van der Waals surface area contributed by atoms with E-state index in [0.717, 1.165) is 40.9 Å². The van der Waals surface area contributed by atoms with Crippen molar-refractivity contribution in [3.05, 3.63) is 80.8 Å². The van der Waals surface area contributed by atoms with Gasteiger partial charge >= 0.3 is 0 Å². The van der Waals surface area contributed by atoms with Crippen molar-refractivity contribution in [3.63, 3.8) is 0 Å². The van der Waals surface area contributed by atoms with Crippen molar-refractivity contribution in [3.8, 4) is 0 Å². The monoisotopic (exact) mass is 446 g/mol. The van der Waals surface area contributed by atoms with Crippen molar-refractivity contribution in [2.24, 2.45) is 0 Å². The van der Waals surface area contributed by atoms with Crippen molar-refractivity contribution in [2.45, 2.75) is 31.7 Å². The lowest BCUT2D eigenvalue weighted by Crippen LogP contribution is -2.29. The first kappa shape index (κ1) is 20.1. The second-order valence-corrected chi connectivity index (χ2v) is 8.96. The van der Waals surface area contributed by atoms with Gasteiger partial charge in [-0.25, -0.2) is 9.37 Å². The smallest absolute Gasteiger partial charge is 0.274 e. The number of ether oxygens (including phenoxy) is 1. The van der Waals surface area contributed by atoms with Crippen molar-refractivity contribution < 1.29 is 13.9 Å². The third-order valence-corrected chi connectivity index (χ3v) is 6.85. The van der Waals surface area contributed by atoms with Gasteiger partial charge in [0.1, 0.15) is 17.2 Å². The molecule has 0 radical (unpaired) electrons. The number of rotatable bonds is 1. The Morgan fingerprint density at radius 2 is 1.88 bits per heavy atom. The normalized spacial score (nSPS) is 17.2. The molecule has 0 unspecified atom stereocenters. The zero-order valence-corrected chi connectivity index (χ0v) is 18.2. The number of hydrogen-bond donors (Lipinski definition) is 1. The molecule has 8 heteroatoms. The summed E-state index contributed by atoms with van der Waals surface area (Å²) in [5.41, 5.74) is 4.82. The van der Waals surface area contributed by atoms with Gasteiger partial charge in [-0.2, -0.15) is 0 Å². The summed E-state index contributed by atoms with van der Waals surface area (Å²) in [5.74, 6) is 0.580. The van der Waals surface area contributed by atoms with E-state index in [2.05, 4.69) is 9.97 Å². The lowest BCUT2D eigenvalue weighted by atomic mass is 9.92. The first-order valence-corrected chi connectivity index (χ1v) is 11.2. The van der Waals surface area contributed by atoms with Crippen LogP contribution in [-0.4, -0.2) is 45.4 Å². The van der Waals surface area contributed by atoms with Crippen LogP contribution in [0.4, 0.5) is 4.39 Å². The summed E-state index contributed by atoms with van der Waals surface area (Å²) in [6.07, 6.45) is 3.82. The number of fused-ring (bicyclic) bond motifs is 5. The van der Waals surface area contributed by atoms with Gasteiger partial charge in [0.05, 0.1) is 17.2 Å². The van der Waals surface area contributed by atoms with Crippen LogP contribution in [0.15, 0.2) is 41.3 Å². The highest BCUT2D eigenvalue weighted by Gasteiger charge is 2.26. The standard InChI is InChI=1S/C25H23FN4O3/c1-29-13-17-9-18(26)3-2-15(17)8-16-10-21-20(11-19(16)25(29)32)28-24(31)22-12-27-23(30(21)22)14-4-6-33-7-5-14/h2-3,9-12,14H,4-8,13H2,1H3,(H,28,31). The van der Waals surface area contributed by atoms with Crippen molar-refractivity contribution in [2.75, 3.05) is 20.3 Å². The zero-order valence-electron chi connectivity index (χ0n) is 18.2. The number of carbonyl (C=O) groups excluding carboxylic acids is 1. The molecule has 2 aliphatic rings. The average Bonchev–Trinajstić information content (AvgIpc) is 3.26. The Labute approximate surface area is 188 Å². The maximum atomic E-state index is 13.9. The first-order chi connectivity index (χ1) is 16.0. The third kappa shape index (κ3) is 3.24. The number of carbonyl (C=O) groups is 1. The lowest BCUT2D eigenvalue weighted by Gasteiger charge is -2.25. The van der Waals surface area contributed by atoms with Crippen LogP contribution in [0.25, 0.3) is 16.6 Å². The molecule has 168 valence electrons. The number of hydrogen-bond acceptors (Lipinski definition) is 4. The fourth-order valence-corrected chi connectivity index (χ4v) is 5.12. The van der Waals surface area contributed by atoms with Gasteiger partial charge in [0.15, 0.2) is 0 Å². The molecule has 2 aromatic carbocycles. The predicted molar refractivity (Wildman–Crippen MR) is 121 cm³/mol. The SMILES string of the molecule is CN1Cc2cc(F)ccc2Cc2cc3c(cc2C1=O)[nH]c(=O)c1cnc(C2CCOCC2)n13. The van der Waals surface area contributed by atoms with Crippen LogP contribution in [0.1, 0.15) is 51.6 Å². The molecule has 0 saturated carbocycles. The summed E-state index contributed by atoms with van der Waals surface area (Å²) in [7, 11) is 1.71. The van der Waals surface area contributed by atoms with E-state index >= 15 is 0 Å². The topological polar surface area (TPSA) is 79.7 Å². The summed E-state index contributed by atoms with van der Waals surface area (Å²) >= 11 is 0. The van der Waals surface area contributed by atoms with E-state index < -0.39 is 0 Å². The molecule has 33 heavy (non-hydrogen) atoms. The molecule has 4 heterocycles. The number of imidazole rings is 1. The van der Waals surface area contributed by atoms with E-state index in [9.17, 15) is 14.0 Å². The third-order valence-electron chi connectivity index (χ3n) is 6.85. The zero-order chi connectivity index (χ0) is 22.7. The number of benzene rings is 2. The molecular weight excluding hydrogens is 423 g/mol. The Hall–Kier alpha value is -3.52. The molecule has 1 amide bonds. The molecule has 0 spiro atoms. The second-order valence-electron chi connectivity index (χ2n) is 8.96. The van der Waals surface area contributed by atoms with Gasteiger partial charge in [-0.1, -0.05) is 6.07 Å². The van der Waals surface area contributed by atoms with E-state index in [-0.39, 0.29) is 23.2 Å². The Morgan fingerprint density at radius 1 is 1.06 bits per heavy atom. The van der Waals surface area contributed by atoms with E-state index in [1.807, 2.05) is 10.5 Å². The summed E-state index contributed by atoms with van der Waals surface area (Å²) in [5, 5.41) is 0. The molecule has 0 aliphatic carbocycles. The highest BCUT2D eigenvalue weighted by molar-refractivity contribution is 5.99. The van der Waals surface area contributed by atoms with Crippen LogP contribution in [0.5, 0.6) is 0 Å². The van der Waals surface area contributed by atoms with Gasteiger partial charge in [0.2, 0.25) is 0 Å². The molecule has 2 aliphatic heterocycles. The van der Waals surface area contributed by atoms with E-state index in [1.165, 1.54) is 12.1 Å². The predicted octanol–water partition coefficient (Wildman–Crippen LogP) is 3.39. The molecule has 6 rings (SSSR count). The largest absolute Gasteiger partial charge is 0.381 e. The number of amides is 1. The number of halogens is 1. The van der Waals surface area contributed by atoms with Crippen molar-refractivity contribution in [1.82, 2.24) is 19.3 Å². The fourth-order valence-electron chi connectivity index (χ4n) is 5.12. The Balaban J connectivity index is 1.61. The number of aromatic nitrogens is 3. The maximum Gasteiger partial charge on any atom is 0.274 e. The molecule has 1 fully saturated rings. The highest BCUT2D eigenvalue weighted by atomic mass is 19.1. The van der Waals surface area contributed by atoms with Gasteiger partial charge < -0.3 is 14.6 Å². The van der Waals surface area contributed by atoms with Gasteiger partial charge in [-0.3, -0.25) is 14.0 Å². The minimum atomic E-state index is -0.312. The van der Waals surface area contributed by atoms with Gasteiger partial charge in [-0.15, -0.1) is 0 Å². The number of aromatic amines is 1. The Morgan fingerprint density at radius 3 is 2.70 bits per heavy atom. The Bertz CT molecular complexity index is 1480. The molecule has 0 atom stereocenters. The number of nitrogens with zero attached hydrogens (tertiary/aromatic N) is 3. The second kappa shape index (κ2) is 7.52. The van der Waals surface area contributed by atoms with Gasteiger partial charge in [0, 0.05) is 38.3 Å². The van der Waals surface area contributed by atoms with Crippen molar-refractivity contribution >= 4 is 22.5 Å². The fraction of sp³-hybridized carbons (Fsp3) is 0.320. The summed E-state index contributed by atoms with van der Waals surface area (Å²) < 4.78 is 21.3. The number of nitrogens with one attached hydrogen (secondary N) is 1. The quantitative estimate of drug-likeness (QED) is 0.486. The minimum Gasteiger partial charge on any atom is -0.381 e. The average molecular weight is 446 g/mol. The first-order valence-electron chi connectivity index (χ1n) is 11.2. The van der Waals surface area contributed by atoms with E-state index in [0.29, 0.717) is 42.8 Å². The van der Waals surface area contributed by atoms with Crippen molar-refractivity contribution in [1.29, 1.82) is 0 Å². The molecule has 4 aromatic rings. The lowest BCUT2D eigenvalue weighted by molar-refractivity contribution is 0.0782. The summed E-state index contributed by atoms with van der Waals surface area (Å²) in [4.78, 5) is 35.2. The molecule has 2 aromatic heterocycles. The van der Waals surface area contributed by atoms with E-state index in [4.69, 9.17) is 4.74 Å². The van der Waals surface area contributed by atoms with Crippen LogP contribution in [-0.2, 0) is 17.7 Å². The van der Waals surface area contributed by atoms with Crippen LogP contribution in [0, 0.1) is 5.82 Å². The van der Waals surface area contributed by atoms with E-state index in [1.54, 1.807) is 30.3 Å². The van der Waals surface area contributed by atoms with Crippen LogP contribution < -0.4 is 5.56 Å². The maximum absolute atomic E-state index is 13.9. The molecule has 7 nitrogen and oxygen atoms in total. The molecular formula is C25H23FN4O3. The van der Waals surface area contributed by atoms with Crippen LogP contribution >= 0.6 is 0 Å². The van der Waals surface area contributed by atoms with Crippen LogP contribution in [0.2, 0.25) is 0 Å². The Kier molecular flexibility index (Phi) is 4.58. The summed E-state index contributed by atoms with van der Waals surface area (Å²) in [6, 6.07) is 8.49. The molecule has 1 saturated heterocycles.